The second-order valence-corrected chi connectivity index (χ2v) is 8.69. The molecule has 0 spiro atoms. The van der Waals surface area contributed by atoms with Crippen LogP contribution in [0.25, 0.3) is 0 Å². The number of nitrogens with one attached hydrogen (secondary N) is 1. The molecular formula is C22H39N3O3. The molecule has 1 saturated carbocycles. The van der Waals surface area contributed by atoms with Crippen LogP contribution >= 0.6 is 0 Å². The van der Waals surface area contributed by atoms with Gasteiger partial charge < -0.3 is 15.1 Å². The molecule has 3 unspecified atom stereocenters. The molecule has 1 saturated heterocycles. The third kappa shape index (κ3) is 5.95. The molecule has 28 heavy (non-hydrogen) atoms. The Morgan fingerprint density at radius 2 is 1.79 bits per heavy atom. The van der Waals surface area contributed by atoms with Crippen LogP contribution in [-0.4, -0.2) is 59.2 Å². The van der Waals surface area contributed by atoms with Crippen LogP contribution < -0.4 is 5.32 Å². The number of hydrogen-bond acceptors (Lipinski definition) is 3. The number of nitrogens with zero attached hydrogens (tertiary/aromatic N) is 2. The minimum Gasteiger partial charge on any atom is -0.344 e. The maximum absolute atomic E-state index is 13.1. The Balaban J connectivity index is 1.90. The van der Waals surface area contributed by atoms with E-state index in [9.17, 15) is 14.4 Å². The first-order valence-electron chi connectivity index (χ1n) is 11.2. The first-order valence-corrected chi connectivity index (χ1v) is 11.2. The zero-order valence-electron chi connectivity index (χ0n) is 18.2. The van der Waals surface area contributed by atoms with Crippen LogP contribution in [0.5, 0.6) is 0 Å². The predicted molar refractivity (Wildman–Crippen MR) is 111 cm³/mol. The Kier molecular flexibility index (Phi) is 8.77. The molecule has 1 aliphatic carbocycles. The van der Waals surface area contributed by atoms with E-state index >= 15 is 0 Å². The van der Waals surface area contributed by atoms with Crippen molar-refractivity contribution < 1.29 is 14.4 Å². The Hall–Kier alpha value is -1.59. The molecule has 2 rings (SSSR count). The lowest BCUT2D eigenvalue weighted by Gasteiger charge is -2.41. The number of carbonyl (C=O) groups is 3. The number of hydrogen-bond donors (Lipinski definition) is 1. The molecule has 6 nitrogen and oxygen atoms in total. The van der Waals surface area contributed by atoms with Crippen molar-refractivity contribution in [2.75, 3.05) is 19.6 Å². The first-order chi connectivity index (χ1) is 13.4. The molecular weight excluding hydrogens is 354 g/mol. The van der Waals surface area contributed by atoms with Crippen molar-refractivity contribution in [2.24, 2.45) is 11.8 Å². The van der Waals surface area contributed by atoms with Gasteiger partial charge in [-0.3, -0.25) is 14.4 Å². The van der Waals surface area contributed by atoms with Crippen LogP contribution in [0.3, 0.4) is 0 Å². The van der Waals surface area contributed by atoms with Crippen LogP contribution in [0, 0.1) is 11.8 Å². The summed E-state index contributed by atoms with van der Waals surface area (Å²) in [5, 5.41) is 2.90. The number of piperazine rings is 1. The Morgan fingerprint density at radius 3 is 2.36 bits per heavy atom. The Labute approximate surface area is 170 Å². The van der Waals surface area contributed by atoms with Crippen molar-refractivity contribution in [3.63, 3.8) is 0 Å². The molecule has 1 heterocycles. The zero-order valence-corrected chi connectivity index (χ0v) is 18.2. The highest BCUT2D eigenvalue weighted by molar-refractivity contribution is 5.88. The fourth-order valence-corrected chi connectivity index (χ4v) is 4.45. The monoisotopic (exact) mass is 393 g/mol. The summed E-state index contributed by atoms with van der Waals surface area (Å²) in [4.78, 5) is 41.4. The summed E-state index contributed by atoms with van der Waals surface area (Å²) in [5.74, 6) is 0.933. The molecule has 2 aliphatic rings. The van der Waals surface area contributed by atoms with Crippen LogP contribution in [0.4, 0.5) is 0 Å². The van der Waals surface area contributed by atoms with Gasteiger partial charge in [-0.05, 0) is 25.2 Å². The van der Waals surface area contributed by atoms with Gasteiger partial charge >= 0.3 is 0 Å². The van der Waals surface area contributed by atoms with Gasteiger partial charge in [-0.15, -0.1) is 0 Å². The van der Waals surface area contributed by atoms with Crippen LogP contribution in [0.2, 0.25) is 0 Å². The highest BCUT2D eigenvalue weighted by Gasteiger charge is 2.35. The molecule has 3 atom stereocenters. The van der Waals surface area contributed by atoms with E-state index in [-0.39, 0.29) is 29.7 Å². The second-order valence-electron chi connectivity index (χ2n) is 8.69. The number of carbonyl (C=O) groups excluding carboxylic acids is 3. The highest BCUT2D eigenvalue weighted by atomic mass is 16.2. The third-order valence-electron chi connectivity index (χ3n) is 6.62. The van der Waals surface area contributed by atoms with Gasteiger partial charge in [0, 0.05) is 38.5 Å². The molecule has 0 aromatic rings. The molecule has 6 heteroatoms. The van der Waals surface area contributed by atoms with Gasteiger partial charge in [0.25, 0.3) is 0 Å². The van der Waals surface area contributed by atoms with E-state index in [1.807, 2.05) is 30.6 Å². The Bertz CT molecular complexity index is 545. The molecule has 0 bridgehead atoms. The molecule has 1 N–H and O–H groups in total. The fraction of sp³-hybridized carbons (Fsp3) is 0.864. The van der Waals surface area contributed by atoms with Crippen molar-refractivity contribution in [1.29, 1.82) is 0 Å². The summed E-state index contributed by atoms with van der Waals surface area (Å²) in [6.07, 6.45) is 7.99. The van der Waals surface area contributed by atoms with Gasteiger partial charge in [0.2, 0.25) is 17.7 Å². The minimum absolute atomic E-state index is 0.0129. The van der Waals surface area contributed by atoms with Crippen molar-refractivity contribution in [3.05, 3.63) is 0 Å². The standard InChI is InChI=1S/C22H39N3O3/c1-5-16(3)21(23-19(26)6-2)22(28)24-13-14-25(17(4)15-24)20(27)12-11-18-9-7-8-10-18/h16-18,21H,5-15H2,1-4H3,(H,23,26). The van der Waals surface area contributed by atoms with E-state index in [1.165, 1.54) is 25.7 Å². The summed E-state index contributed by atoms with van der Waals surface area (Å²) >= 11 is 0. The van der Waals surface area contributed by atoms with Crippen molar-refractivity contribution in [2.45, 2.75) is 91.1 Å². The summed E-state index contributed by atoms with van der Waals surface area (Å²) < 4.78 is 0. The number of rotatable bonds is 8. The van der Waals surface area contributed by atoms with Crippen molar-refractivity contribution in [3.8, 4) is 0 Å². The lowest BCUT2D eigenvalue weighted by Crippen LogP contribution is -2.60. The average Bonchev–Trinajstić information content (AvgIpc) is 3.22. The largest absolute Gasteiger partial charge is 0.344 e. The number of amides is 3. The summed E-state index contributed by atoms with van der Waals surface area (Å²) in [6.45, 7) is 9.54. The highest BCUT2D eigenvalue weighted by Crippen LogP contribution is 2.29. The lowest BCUT2D eigenvalue weighted by atomic mass is 9.96. The second kappa shape index (κ2) is 10.8. The van der Waals surface area contributed by atoms with Crippen molar-refractivity contribution in [1.82, 2.24) is 15.1 Å². The fourth-order valence-electron chi connectivity index (χ4n) is 4.45. The summed E-state index contributed by atoms with van der Waals surface area (Å²) in [6, 6.07) is -0.456. The van der Waals surface area contributed by atoms with Crippen LogP contribution in [0.15, 0.2) is 0 Å². The van der Waals surface area contributed by atoms with E-state index in [1.54, 1.807) is 6.92 Å². The van der Waals surface area contributed by atoms with Crippen LogP contribution in [0.1, 0.15) is 79.1 Å². The van der Waals surface area contributed by atoms with Gasteiger partial charge in [0.05, 0.1) is 0 Å². The van der Waals surface area contributed by atoms with E-state index < -0.39 is 6.04 Å². The van der Waals surface area contributed by atoms with Gasteiger partial charge in [-0.1, -0.05) is 52.9 Å². The molecule has 1 aliphatic heterocycles. The Morgan fingerprint density at radius 1 is 1.11 bits per heavy atom. The van der Waals surface area contributed by atoms with Gasteiger partial charge in [0.1, 0.15) is 6.04 Å². The van der Waals surface area contributed by atoms with Gasteiger partial charge in [-0.2, -0.15) is 0 Å². The smallest absolute Gasteiger partial charge is 0.245 e. The topological polar surface area (TPSA) is 69.7 Å². The summed E-state index contributed by atoms with van der Waals surface area (Å²) in [7, 11) is 0. The van der Waals surface area contributed by atoms with E-state index in [2.05, 4.69) is 5.32 Å². The summed E-state index contributed by atoms with van der Waals surface area (Å²) in [5.41, 5.74) is 0. The third-order valence-corrected chi connectivity index (χ3v) is 6.62. The van der Waals surface area contributed by atoms with Crippen LogP contribution in [-0.2, 0) is 14.4 Å². The maximum Gasteiger partial charge on any atom is 0.245 e. The van der Waals surface area contributed by atoms with E-state index in [0.717, 1.165) is 18.8 Å². The molecule has 0 radical (unpaired) electrons. The van der Waals surface area contributed by atoms with E-state index in [0.29, 0.717) is 32.5 Å². The zero-order chi connectivity index (χ0) is 20.7. The SMILES string of the molecule is CCC(=O)NC(C(=O)N1CCN(C(=O)CCC2CCCC2)C(C)C1)C(C)CC. The quantitative estimate of drug-likeness (QED) is 0.689. The molecule has 0 aromatic carbocycles. The van der Waals surface area contributed by atoms with Crippen molar-refractivity contribution >= 4 is 17.7 Å². The molecule has 3 amide bonds. The average molecular weight is 394 g/mol. The lowest BCUT2D eigenvalue weighted by molar-refractivity contribution is -0.145. The molecule has 160 valence electrons. The molecule has 2 fully saturated rings. The predicted octanol–water partition coefficient (Wildman–Crippen LogP) is 2.96. The van der Waals surface area contributed by atoms with E-state index in [4.69, 9.17) is 0 Å². The van der Waals surface area contributed by atoms with Gasteiger partial charge in [0.15, 0.2) is 0 Å². The van der Waals surface area contributed by atoms with Gasteiger partial charge in [-0.25, -0.2) is 0 Å². The molecule has 0 aromatic heterocycles. The first kappa shape index (κ1) is 22.7. The minimum atomic E-state index is -0.478. The maximum atomic E-state index is 13.1. The normalized spacial score (nSPS) is 22.8.